The molecule has 1 aliphatic carbocycles. The predicted octanol–water partition coefficient (Wildman–Crippen LogP) is 1.70. The first-order valence-electron chi connectivity index (χ1n) is 7.91. The molecule has 1 saturated carbocycles. The lowest BCUT2D eigenvalue weighted by molar-refractivity contribution is -0.142. The van der Waals surface area contributed by atoms with Crippen LogP contribution in [0, 0.1) is 11.8 Å². The Labute approximate surface area is 125 Å². The quantitative estimate of drug-likeness (QED) is 0.732. The maximum atomic E-state index is 12.1. The predicted molar refractivity (Wildman–Crippen MR) is 78.1 cm³/mol. The molecule has 1 aliphatic heterocycles. The summed E-state index contributed by atoms with van der Waals surface area (Å²) in [6.07, 6.45) is 7.51. The number of carboxylic acids is 1. The summed E-state index contributed by atoms with van der Waals surface area (Å²) in [5.74, 6) is -0.697. The third kappa shape index (κ3) is 4.33. The van der Waals surface area contributed by atoms with Gasteiger partial charge in [0, 0.05) is 13.6 Å². The standard InChI is InChI=1S/C15H26N2O4/c1-17(13-10-21-9-12(13)14(18)19)15(20)16-8-4-7-11-5-2-3-6-11/h11-13H,2-10H2,1H3,(H,16,20)(H,18,19). The van der Waals surface area contributed by atoms with Gasteiger partial charge in [-0.2, -0.15) is 0 Å². The van der Waals surface area contributed by atoms with E-state index >= 15 is 0 Å². The van der Waals surface area contributed by atoms with Gasteiger partial charge in [-0.15, -0.1) is 0 Å². The first kappa shape index (κ1) is 16.1. The molecule has 2 amide bonds. The van der Waals surface area contributed by atoms with Gasteiger partial charge in [0.15, 0.2) is 0 Å². The topological polar surface area (TPSA) is 78.9 Å². The summed E-state index contributed by atoms with van der Waals surface area (Å²) in [5, 5.41) is 12.0. The number of carboxylic acid groups (broad SMARTS) is 1. The molecule has 1 saturated heterocycles. The van der Waals surface area contributed by atoms with Crippen molar-refractivity contribution in [2.24, 2.45) is 11.8 Å². The van der Waals surface area contributed by atoms with Gasteiger partial charge in [-0.05, 0) is 18.8 Å². The molecule has 2 atom stereocenters. The van der Waals surface area contributed by atoms with E-state index in [2.05, 4.69) is 5.32 Å². The van der Waals surface area contributed by atoms with Crippen molar-refractivity contribution in [1.29, 1.82) is 0 Å². The Hall–Kier alpha value is -1.30. The van der Waals surface area contributed by atoms with E-state index in [0.29, 0.717) is 13.2 Å². The highest BCUT2D eigenvalue weighted by atomic mass is 16.5. The van der Waals surface area contributed by atoms with Crippen LogP contribution in [0.4, 0.5) is 4.79 Å². The maximum Gasteiger partial charge on any atom is 0.317 e. The zero-order valence-electron chi connectivity index (χ0n) is 12.7. The first-order chi connectivity index (χ1) is 10.1. The van der Waals surface area contributed by atoms with Gasteiger partial charge in [0.1, 0.15) is 5.92 Å². The molecule has 2 aliphatic rings. The van der Waals surface area contributed by atoms with E-state index in [-0.39, 0.29) is 18.7 Å². The fraction of sp³-hybridized carbons (Fsp3) is 0.867. The van der Waals surface area contributed by atoms with Crippen molar-refractivity contribution in [2.75, 3.05) is 26.8 Å². The van der Waals surface area contributed by atoms with Crippen LogP contribution in [-0.4, -0.2) is 54.9 Å². The van der Waals surface area contributed by atoms with E-state index < -0.39 is 11.9 Å². The number of rotatable bonds is 6. The van der Waals surface area contributed by atoms with Crippen LogP contribution >= 0.6 is 0 Å². The molecule has 6 nitrogen and oxygen atoms in total. The molecule has 2 N–H and O–H groups in total. The van der Waals surface area contributed by atoms with Crippen molar-refractivity contribution in [2.45, 2.75) is 44.6 Å². The monoisotopic (exact) mass is 298 g/mol. The summed E-state index contributed by atoms with van der Waals surface area (Å²) in [6.45, 7) is 1.13. The van der Waals surface area contributed by atoms with Crippen LogP contribution in [0.15, 0.2) is 0 Å². The summed E-state index contributed by atoms with van der Waals surface area (Å²) in [7, 11) is 1.64. The van der Waals surface area contributed by atoms with Gasteiger partial charge in [0.2, 0.25) is 0 Å². The number of carbonyl (C=O) groups excluding carboxylic acids is 1. The molecule has 2 rings (SSSR count). The van der Waals surface area contributed by atoms with E-state index in [1.54, 1.807) is 7.05 Å². The van der Waals surface area contributed by atoms with E-state index in [9.17, 15) is 9.59 Å². The highest BCUT2D eigenvalue weighted by Crippen LogP contribution is 2.28. The first-order valence-corrected chi connectivity index (χ1v) is 7.91. The molecule has 2 fully saturated rings. The molecule has 0 aromatic rings. The van der Waals surface area contributed by atoms with Crippen LogP contribution in [-0.2, 0) is 9.53 Å². The van der Waals surface area contributed by atoms with Crippen molar-refractivity contribution in [1.82, 2.24) is 10.2 Å². The molecule has 0 spiro atoms. The van der Waals surface area contributed by atoms with Crippen LogP contribution < -0.4 is 5.32 Å². The van der Waals surface area contributed by atoms with Gasteiger partial charge in [-0.3, -0.25) is 4.79 Å². The number of nitrogens with one attached hydrogen (secondary N) is 1. The number of aliphatic carboxylic acids is 1. The minimum atomic E-state index is -0.904. The van der Waals surface area contributed by atoms with E-state index in [1.807, 2.05) is 0 Å². The smallest absolute Gasteiger partial charge is 0.317 e. The Morgan fingerprint density at radius 3 is 2.67 bits per heavy atom. The third-order valence-electron chi connectivity index (χ3n) is 4.73. The molecule has 1 heterocycles. The Morgan fingerprint density at radius 2 is 2.00 bits per heavy atom. The minimum absolute atomic E-state index is 0.180. The van der Waals surface area contributed by atoms with Gasteiger partial charge >= 0.3 is 12.0 Å². The molecule has 0 aromatic carbocycles. The summed E-state index contributed by atoms with van der Waals surface area (Å²) in [6, 6.07) is -0.583. The average Bonchev–Trinajstić information content (AvgIpc) is 3.13. The normalized spacial score (nSPS) is 26.0. The highest BCUT2D eigenvalue weighted by Gasteiger charge is 2.38. The Balaban J connectivity index is 1.68. The molecule has 21 heavy (non-hydrogen) atoms. The zero-order valence-corrected chi connectivity index (χ0v) is 12.7. The number of nitrogens with zero attached hydrogens (tertiary/aromatic N) is 1. The summed E-state index contributed by atoms with van der Waals surface area (Å²) in [4.78, 5) is 24.6. The Morgan fingerprint density at radius 1 is 1.29 bits per heavy atom. The van der Waals surface area contributed by atoms with Crippen LogP contribution in [0.1, 0.15) is 38.5 Å². The Kier molecular flexibility index (Phi) is 5.85. The zero-order chi connectivity index (χ0) is 15.2. The van der Waals surface area contributed by atoms with E-state index in [0.717, 1.165) is 12.3 Å². The van der Waals surface area contributed by atoms with Crippen molar-refractivity contribution in [3.8, 4) is 0 Å². The van der Waals surface area contributed by atoms with Crippen LogP contribution in [0.25, 0.3) is 0 Å². The largest absolute Gasteiger partial charge is 0.481 e. The SMILES string of the molecule is CN(C(=O)NCCCC1CCCC1)C1COCC1C(=O)O. The lowest BCUT2D eigenvalue weighted by atomic mass is 10.0. The third-order valence-corrected chi connectivity index (χ3v) is 4.73. The number of hydrogen-bond acceptors (Lipinski definition) is 3. The van der Waals surface area contributed by atoms with Gasteiger partial charge in [0.25, 0.3) is 0 Å². The summed E-state index contributed by atoms with van der Waals surface area (Å²) >= 11 is 0. The second-order valence-corrected chi connectivity index (χ2v) is 6.19. The van der Waals surface area contributed by atoms with Crippen LogP contribution in [0.3, 0.4) is 0 Å². The van der Waals surface area contributed by atoms with Gasteiger partial charge < -0.3 is 20.1 Å². The number of amides is 2. The molecule has 0 aromatic heterocycles. The summed E-state index contributed by atoms with van der Waals surface area (Å²) < 4.78 is 5.19. The number of ether oxygens (including phenoxy) is 1. The molecule has 6 heteroatoms. The van der Waals surface area contributed by atoms with E-state index in [4.69, 9.17) is 9.84 Å². The summed E-state index contributed by atoms with van der Waals surface area (Å²) in [5.41, 5.74) is 0. The van der Waals surface area contributed by atoms with Gasteiger partial charge in [-0.25, -0.2) is 4.79 Å². The van der Waals surface area contributed by atoms with Crippen LogP contribution in [0.2, 0.25) is 0 Å². The molecular weight excluding hydrogens is 272 g/mol. The number of hydrogen-bond donors (Lipinski definition) is 2. The fourth-order valence-electron chi connectivity index (χ4n) is 3.32. The lowest BCUT2D eigenvalue weighted by Gasteiger charge is -2.26. The highest BCUT2D eigenvalue weighted by molar-refractivity contribution is 5.77. The second kappa shape index (κ2) is 7.64. The molecule has 120 valence electrons. The average molecular weight is 298 g/mol. The van der Waals surface area contributed by atoms with Crippen molar-refractivity contribution >= 4 is 12.0 Å². The van der Waals surface area contributed by atoms with Crippen molar-refractivity contribution in [3.63, 3.8) is 0 Å². The van der Waals surface area contributed by atoms with E-state index in [1.165, 1.54) is 37.0 Å². The minimum Gasteiger partial charge on any atom is -0.481 e. The molecule has 0 bridgehead atoms. The second-order valence-electron chi connectivity index (χ2n) is 6.19. The number of carbonyl (C=O) groups is 2. The van der Waals surface area contributed by atoms with Crippen LogP contribution in [0.5, 0.6) is 0 Å². The fourth-order valence-corrected chi connectivity index (χ4v) is 3.32. The number of likely N-dealkylation sites (N-methyl/N-ethyl adjacent to an activating group) is 1. The lowest BCUT2D eigenvalue weighted by Crippen LogP contribution is -2.48. The molecule has 0 radical (unpaired) electrons. The van der Waals surface area contributed by atoms with Gasteiger partial charge in [-0.1, -0.05) is 25.7 Å². The number of urea groups is 1. The van der Waals surface area contributed by atoms with Crippen molar-refractivity contribution < 1.29 is 19.4 Å². The molecule has 2 unspecified atom stereocenters. The van der Waals surface area contributed by atoms with Gasteiger partial charge in [0.05, 0.1) is 19.3 Å². The molecular formula is C15H26N2O4. The van der Waals surface area contributed by atoms with Crippen molar-refractivity contribution in [3.05, 3.63) is 0 Å². The maximum absolute atomic E-state index is 12.1. The Bertz CT molecular complexity index is 369.